The lowest BCUT2D eigenvalue weighted by Crippen LogP contribution is -2.30. The van der Waals surface area contributed by atoms with Crippen molar-refractivity contribution in [1.82, 2.24) is 5.32 Å². The smallest absolute Gasteiger partial charge is 0.222 e. The maximum Gasteiger partial charge on any atom is 0.222 e. The van der Waals surface area contributed by atoms with Crippen molar-refractivity contribution >= 4 is 11.7 Å². The minimum atomic E-state index is 0.0123. The lowest BCUT2D eigenvalue weighted by molar-refractivity contribution is -0.124. The second-order valence-corrected chi connectivity index (χ2v) is 4.81. The summed E-state index contributed by atoms with van der Waals surface area (Å²) in [6.07, 6.45) is 1.69. The summed E-state index contributed by atoms with van der Waals surface area (Å²) in [5, 5.41) is 2.79. The van der Waals surface area contributed by atoms with Crippen molar-refractivity contribution in [3.63, 3.8) is 0 Å². The normalized spacial score (nSPS) is 10.9. The molecular formula is C13H25NO3. The molecule has 4 heteroatoms. The van der Waals surface area contributed by atoms with Crippen molar-refractivity contribution < 1.29 is 14.3 Å². The van der Waals surface area contributed by atoms with Crippen LogP contribution in [0.3, 0.4) is 0 Å². The third-order valence-electron chi connectivity index (χ3n) is 2.28. The molecule has 0 saturated carbocycles. The molecule has 4 nitrogen and oxygen atoms in total. The molecule has 100 valence electrons. The predicted molar refractivity (Wildman–Crippen MR) is 67.8 cm³/mol. The highest BCUT2D eigenvalue weighted by molar-refractivity contribution is 5.80. The van der Waals surface area contributed by atoms with Crippen LogP contribution in [0.25, 0.3) is 0 Å². The van der Waals surface area contributed by atoms with E-state index in [2.05, 4.69) is 5.32 Å². The predicted octanol–water partition coefficient (Wildman–Crippen LogP) is 1.92. The van der Waals surface area contributed by atoms with Crippen LogP contribution >= 0.6 is 0 Å². The van der Waals surface area contributed by atoms with Crippen LogP contribution in [-0.4, -0.2) is 30.9 Å². The van der Waals surface area contributed by atoms with Crippen LogP contribution in [0.15, 0.2) is 0 Å². The quantitative estimate of drug-likeness (QED) is 0.629. The van der Waals surface area contributed by atoms with Gasteiger partial charge in [-0.1, -0.05) is 13.8 Å². The maximum absolute atomic E-state index is 11.3. The van der Waals surface area contributed by atoms with Gasteiger partial charge in [0, 0.05) is 31.4 Å². The Morgan fingerprint density at radius 1 is 1.06 bits per heavy atom. The topological polar surface area (TPSA) is 55.4 Å². The van der Waals surface area contributed by atoms with Gasteiger partial charge >= 0.3 is 0 Å². The number of ether oxygens (including phenoxy) is 1. The van der Waals surface area contributed by atoms with Crippen LogP contribution in [0.4, 0.5) is 0 Å². The van der Waals surface area contributed by atoms with Gasteiger partial charge in [-0.15, -0.1) is 0 Å². The Bertz CT molecular complexity index is 237. The fourth-order valence-corrected chi connectivity index (χ4v) is 1.30. The maximum atomic E-state index is 11.3. The Kier molecular flexibility index (Phi) is 8.68. The van der Waals surface area contributed by atoms with Crippen molar-refractivity contribution in [2.45, 2.75) is 53.0 Å². The van der Waals surface area contributed by atoms with Gasteiger partial charge in [-0.3, -0.25) is 9.59 Å². The molecule has 0 aromatic heterocycles. The minimum Gasteiger partial charge on any atom is -0.381 e. The van der Waals surface area contributed by atoms with Gasteiger partial charge < -0.3 is 10.1 Å². The van der Waals surface area contributed by atoms with Gasteiger partial charge in [0.25, 0.3) is 0 Å². The number of amides is 1. The number of carbonyl (C=O) groups is 2. The van der Waals surface area contributed by atoms with Crippen molar-refractivity contribution in [2.24, 2.45) is 5.92 Å². The highest BCUT2D eigenvalue weighted by atomic mass is 16.5. The summed E-state index contributed by atoms with van der Waals surface area (Å²) in [6, 6.07) is 0.172. The fraction of sp³-hybridized carbons (Fsp3) is 0.846. The van der Waals surface area contributed by atoms with Crippen LogP contribution in [0.2, 0.25) is 0 Å². The number of Topliss-reactive ketones (excluding diaryl/α,β-unsaturated/α-hetero) is 1. The van der Waals surface area contributed by atoms with Crippen LogP contribution in [0.5, 0.6) is 0 Å². The van der Waals surface area contributed by atoms with Gasteiger partial charge in [0.05, 0.1) is 6.61 Å². The number of ketones is 1. The largest absolute Gasteiger partial charge is 0.381 e. The summed E-state index contributed by atoms with van der Waals surface area (Å²) in [6.45, 7) is 8.63. The molecule has 0 radical (unpaired) electrons. The second kappa shape index (κ2) is 9.16. The number of carbonyl (C=O) groups excluding carboxylic acids is 2. The summed E-state index contributed by atoms with van der Waals surface area (Å²) >= 11 is 0. The van der Waals surface area contributed by atoms with E-state index < -0.39 is 0 Å². The van der Waals surface area contributed by atoms with E-state index in [0.29, 0.717) is 26.1 Å². The first-order valence-corrected chi connectivity index (χ1v) is 6.33. The van der Waals surface area contributed by atoms with Gasteiger partial charge in [-0.05, 0) is 20.3 Å². The van der Waals surface area contributed by atoms with E-state index in [9.17, 15) is 9.59 Å². The average Bonchev–Trinajstić information content (AvgIpc) is 2.21. The zero-order valence-corrected chi connectivity index (χ0v) is 11.4. The second-order valence-electron chi connectivity index (χ2n) is 4.81. The van der Waals surface area contributed by atoms with Gasteiger partial charge in [0.2, 0.25) is 5.91 Å². The molecule has 0 bridgehead atoms. The first-order valence-electron chi connectivity index (χ1n) is 6.33. The monoisotopic (exact) mass is 243 g/mol. The molecule has 0 heterocycles. The van der Waals surface area contributed by atoms with E-state index in [1.54, 1.807) is 0 Å². The molecule has 0 spiro atoms. The van der Waals surface area contributed by atoms with Crippen LogP contribution in [0.1, 0.15) is 47.0 Å². The van der Waals surface area contributed by atoms with Crippen LogP contribution in [-0.2, 0) is 14.3 Å². The zero-order chi connectivity index (χ0) is 13.3. The van der Waals surface area contributed by atoms with E-state index >= 15 is 0 Å². The Morgan fingerprint density at radius 3 is 2.24 bits per heavy atom. The Hall–Kier alpha value is -0.900. The summed E-state index contributed by atoms with van der Waals surface area (Å²) in [5.74, 6) is 0.385. The zero-order valence-electron chi connectivity index (χ0n) is 11.4. The molecular weight excluding hydrogens is 218 g/mol. The van der Waals surface area contributed by atoms with Gasteiger partial charge in [-0.2, -0.15) is 0 Å². The average molecular weight is 243 g/mol. The number of hydrogen-bond acceptors (Lipinski definition) is 3. The van der Waals surface area contributed by atoms with Crippen molar-refractivity contribution in [2.75, 3.05) is 13.2 Å². The Labute approximate surface area is 104 Å². The van der Waals surface area contributed by atoms with Crippen LogP contribution in [0, 0.1) is 5.92 Å². The molecule has 0 saturated heterocycles. The SMILES string of the molecule is CC(C)NC(=O)CCOCCCC(=O)C(C)C. The van der Waals surface area contributed by atoms with E-state index in [1.165, 1.54) is 0 Å². The molecule has 0 aliphatic carbocycles. The molecule has 0 aromatic carbocycles. The van der Waals surface area contributed by atoms with E-state index in [4.69, 9.17) is 4.74 Å². The molecule has 0 aliphatic heterocycles. The summed E-state index contributed by atoms with van der Waals surface area (Å²) in [5.41, 5.74) is 0. The fourth-order valence-electron chi connectivity index (χ4n) is 1.30. The van der Waals surface area contributed by atoms with Crippen LogP contribution < -0.4 is 5.32 Å². The molecule has 1 N–H and O–H groups in total. The molecule has 0 aliphatic rings. The molecule has 0 atom stereocenters. The lowest BCUT2D eigenvalue weighted by atomic mass is 10.1. The molecule has 0 unspecified atom stereocenters. The van der Waals surface area contributed by atoms with Gasteiger partial charge in [0.15, 0.2) is 0 Å². The molecule has 17 heavy (non-hydrogen) atoms. The molecule has 0 fully saturated rings. The third-order valence-corrected chi connectivity index (χ3v) is 2.28. The van der Waals surface area contributed by atoms with E-state index in [0.717, 1.165) is 6.42 Å². The first kappa shape index (κ1) is 16.1. The first-order chi connectivity index (χ1) is 7.93. The number of rotatable bonds is 9. The van der Waals surface area contributed by atoms with Gasteiger partial charge in [-0.25, -0.2) is 0 Å². The van der Waals surface area contributed by atoms with Crippen molar-refractivity contribution in [3.8, 4) is 0 Å². The molecule has 1 amide bonds. The molecule has 0 rings (SSSR count). The van der Waals surface area contributed by atoms with E-state index in [1.807, 2.05) is 27.7 Å². The van der Waals surface area contributed by atoms with Crippen molar-refractivity contribution in [3.05, 3.63) is 0 Å². The van der Waals surface area contributed by atoms with Gasteiger partial charge in [0.1, 0.15) is 5.78 Å². The lowest BCUT2D eigenvalue weighted by Gasteiger charge is -2.08. The summed E-state index contributed by atoms with van der Waals surface area (Å²) in [4.78, 5) is 22.5. The summed E-state index contributed by atoms with van der Waals surface area (Å²) < 4.78 is 5.30. The molecule has 0 aromatic rings. The Balaban J connectivity index is 3.35. The Morgan fingerprint density at radius 2 is 1.71 bits per heavy atom. The minimum absolute atomic E-state index is 0.0123. The van der Waals surface area contributed by atoms with E-state index in [-0.39, 0.29) is 23.7 Å². The number of nitrogens with one attached hydrogen (secondary N) is 1. The summed E-state index contributed by atoms with van der Waals surface area (Å²) in [7, 11) is 0. The van der Waals surface area contributed by atoms with Crippen molar-refractivity contribution in [1.29, 1.82) is 0 Å². The highest BCUT2D eigenvalue weighted by Crippen LogP contribution is 2.01. The highest BCUT2D eigenvalue weighted by Gasteiger charge is 2.06. The third kappa shape index (κ3) is 10.00. The standard InChI is InChI=1S/C13H25NO3/c1-10(2)12(15)6-5-8-17-9-7-13(16)14-11(3)4/h10-11H,5-9H2,1-4H3,(H,14,16). The number of hydrogen-bond donors (Lipinski definition) is 1.